The van der Waals surface area contributed by atoms with Crippen molar-refractivity contribution in [2.24, 2.45) is 0 Å². The number of anilines is 1. The Balaban J connectivity index is 1.84. The molecule has 0 bridgehead atoms. The van der Waals surface area contributed by atoms with Crippen LogP contribution < -0.4 is 5.32 Å². The minimum atomic E-state index is -2.42. The van der Waals surface area contributed by atoms with Crippen LogP contribution in [0.5, 0.6) is 0 Å². The van der Waals surface area contributed by atoms with Gasteiger partial charge in [-0.05, 0) is 6.07 Å². The third-order valence-corrected chi connectivity index (χ3v) is 2.11. The van der Waals surface area contributed by atoms with Gasteiger partial charge in [0.15, 0.2) is 5.82 Å². The molecule has 0 saturated carbocycles. The van der Waals surface area contributed by atoms with E-state index in [1.807, 2.05) is 6.07 Å². The van der Waals surface area contributed by atoms with Crippen molar-refractivity contribution in [2.75, 3.05) is 25.1 Å². The van der Waals surface area contributed by atoms with E-state index in [1.54, 1.807) is 23.1 Å². The number of hydrogen-bond donors (Lipinski definition) is 1. The highest BCUT2D eigenvalue weighted by Crippen LogP contribution is 2.11. The molecule has 0 atom stereocenters. The summed E-state index contributed by atoms with van der Waals surface area (Å²) in [6, 6.07) is 1.81. The van der Waals surface area contributed by atoms with Crippen molar-refractivity contribution in [3.63, 3.8) is 0 Å². The molecule has 0 saturated heterocycles. The van der Waals surface area contributed by atoms with Crippen LogP contribution in [0.1, 0.15) is 0 Å². The number of rotatable bonds is 6. The largest absolute Gasteiger partial charge is 0.374 e. The highest BCUT2D eigenvalue weighted by Gasteiger charge is 2.03. The van der Waals surface area contributed by atoms with Gasteiger partial charge in [0.05, 0.1) is 12.8 Å². The van der Waals surface area contributed by atoms with E-state index in [0.29, 0.717) is 12.4 Å². The van der Waals surface area contributed by atoms with E-state index in [9.17, 15) is 8.78 Å². The molecule has 0 unspecified atom stereocenters. The molecule has 1 N–H and O–H groups in total. The maximum atomic E-state index is 11.8. The maximum absolute atomic E-state index is 11.8. The zero-order chi connectivity index (χ0) is 12.1. The summed E-state index contributed by atoms with van der Waals surface area (Å²) in [6.07, 6.45) is 2.58. The Morgan fingerprint density at radius 1 is 1.41 bits per heavy atom. The lowest BCUT2D eigenvalue weighted by Gasteiger charge is -2.07. The standard InChI is InChI=1S/C10H12F2N4O/c11-9(12)7-17-6-4-14-10-8-1-2-15-16(8)5-3-13-10/h1-3,5,9H,4,6-7H2,(H,13,14). The first-order valence-electron chi connectivity index (χ1n) is 5.15. The topological polar surface area (TPSA) is 51.5 Å². The first-order chi connectivity index (χ1) is 8.27. The molecule has 2 aromatic heterocycles. The average Bonchev–Trinajstić information content (AvgIpc) is 2.77. The lowest BCUT2D eigenvalue weighted by atomic mass is 10.4. The van der Waals surface area contributed by atoms with Gasteiger partial charge in [-0.15, -0.1) is 0 Å². The summed E-state index contributed by atoms with van der Waals surface area (Å²) < 4.78 is 30.0. The fourth-order valence-electron chi connectivity index (χ4n) is 1.41. The van der Waals surface area contributed by atoms with Gasteiger partial charge in [-0.1, -0.05) is 0 Å². The number of alkyl halides is 2. The molecular weight excluding hydrogens is 230 g/mol. The predicted octanol–water partition coefficient (Wildman–Crippen LogP) is 1.42. The van der Waals surface area contributed by atoms with Crippen LogP contribution in [-0.2, 0) is 4.74 Å². The molecular formula is C10H12F2N4O. The van der Waals surface area contributed by atoms with Gasteiger partial charge in [-0.2, -0.15) is 5.10 Å². The Bertz CT molecular complexity index is 474. The van der Waals surface area contributed by atoms with Crippen molar-refractivity contribution in [1.82, 2.24) is 14.6 Å². The Hall–Kier alpha value is -1.76. The van der Waals surface area contributed by atoms with Crippen LogP contribution in [-0.4, -0.2) is 40.8 Å². The Morgan fingerprint density at radius 3 is 3.12 bits per heavy atom. The van der Waals surface area contributed by atoms with E-state index in [2.05, 4.69) is 15.4 Å². The van der Waals surface area contributed by atoms with Gasteiger partial charge in [0.25, 0.3) is 6.43 Å². The van der Waals surface area contributed by atoms with E-state index in [0.717, 1.165) is 5.52 Å². The van der Waals surface area contributed by atoms with Gasteiger partial charge in [-0.3, -0.25) is 0 Å². The summed E-state index contributed by atoms with van der Waals surface area (Å²) in [5, 5.41) is 7.06. The van der Waals surface area contributed by atoms with Gasteiger partial charge in [0, 0.05) is 18.9 Å². The summed E-state index contributed by atoms with van der Waals surface area (Å²) in [6.45, 7) is 0.0950. The second-order valence-corrected chi connectivity index (χ2v) is 3.33. The highest BCUT2D eigenvalue weighted by atomic mass is 19.3. The Morgan fingerprint density at radius 2 is 2.29 bits per heavy atom. The minimum absolute atomic E-state index is 0.210. The molecule has 7 heteroatoms. The summed E-state index contributed by atoms with van der Waals surface area (Å²) in [5.41, 5.74) is 0.835. The lowest BCUT2D eigenvalue weighted by molar-refractivity contribution is 0.0215. The summed E-state index contributed by atoms with van der Waals surface area (Å²) in [4.78, 5) is 4.14. The predicted molar refractivity (Wildman–Crippen MR) is 58.3 cm³/mol. The zero-order valence-electron chi connectivity index (χ0n) is 9.01. The number of halogens is 2. The quantitative estimate of drug-likeness (QED) is 0.778. The molecule has 2 heterocycles. The zero-order valence-corrected chi connectivity index (χ0v) is 9.01. The monoisotopic (exact) mass is 242 g/mol. The van der Waals surface area contributed by atoms with E-state index < -0.39 is 13.0 Å². The van der Waals surface area contributed by atoms with E-state index in [4.69, 9.17) is 4.74 Å². The number of nitrogens with zero attached hydrogens (tertiary/aromatic N) is 3. The second-order valence-electron chi connectivity index (χ2n) is 3.33. The fourth-order valence-corrected chi connectivity index (χ4v) is 1.41. The fraction of sp³-hybridized carbons (Fsp3) is 0.400. The van der Waals surface area contributed by atoms with Crippen LogP contribution in [0.2, 0.25) is 0 Å². The van der Waals surface area contributed by atoms with Crippen molar-refractivity contribution in [2.45, 2.75) is 6.43 Å². The van der Waals surface area contributed by atoms with Crippen molar-refractivity contribution in [3.8, 4) is 0 Å². The van der Waals surface area contributed by atoms with E-state index in [1.165, 1.54) is 0 Å². The molecule has 0 aliphatic heterocycles. The van der Waals surface area contributed by atoms with Crippen molar-refractivity contribution in [3.05, 3.63) is 24.7 Å². The van der Waals surface area contributed by atoms with Crippen LogP contribution in [0.3, 0.4) is 0 Å². The molecule has 0 fully saturated rings. The van der Waals surface area contributed by atoms with Gasteiger partial charge >= 0.3 is 0 Å². The van der Waals surface area contributed by atoms with Crippen LogP contribution >= 0.6 is 0 Å². The molecule has 2 aromatic rings. The SMILES string of the molecule is FC(F)COCCNc1nccn2nccc12. The number of nitrogens with one attached hydrogen (secondary N) is 1. The van der Waals surface area contributed by atoms with Crippen LogP contribution in [0.25, 0.3) is 5.52 Å². The molecule has 0 aliphatic rings. The molecule has 0 amide bonds. The highest BCUT2D eigenvalue weighted by molar-refractivity contribution is 5.66. The molecule has 17 heavy (non-hydrogen) atoms. The van der Waals surface area contributed by atoms with Crippen molar-refractivity contribution in [1.29, 1.82) is 0 Å². The number of fused-ring (bicyclic) bond motifs is 1. The van der Waals surface area contributed by atoms with Crippen molar-refractivity contribution < 1.29 is 13.5 Å². The smallest absolute Gasteiger partial charge is 0.261 e. The third kappa shape index (κ3) is 3.10. The average molecular weight is 242 g/mol. The first kappa shape index (κ1) is 11.7. The third-order valence-electron chi connectivity index (χ3n) is 2.11. The molecule has 2 rings (SSSR count). The summed E-state index contributed by atoms with van der Waals surface area (Å²) in [5.74, 6) is 0.658. The first-order valence-corrected chi connectivity index (χ1v) is 5.15. The van der Waals surface area contributed by atoms with E-state index in [-0.39, 0.29) is 6.61 Å². The maximum Gasteiger partial charge on any atom is 0.261 e. The van der Waals surface area contributed by atoms with Gasteiger partial charge in [-0.25, -0.2) is 18.3 Å². The minimum Gasteiger partial charge on any atom is -0.374 e. The molecule has 0 spiro atoms. The van der Waals surface area contributed by atoms with Gasteiger partial charge < -0.3 is 10.1 Å². The lowest BCUT2D eigenvalue weighted by Crippen LogP contribution is -2.14. The van der Waals surface area contributed by atoms with Crippen molar-refractivity contribution >= 4 is 11.3 Å². The molecule has 5 nitrogen and oxygen atoms in total. The molecule has 0 aromatic carbocycles. The summed E-state index contributed by atoms with van der Waals surface area (Å²) >= 11 is 0. The normalized spacial score (nSPS) is 11.2. The van der Waals surface area contributed by atoms with Crippen LogP contribution in [0.15, 0.2) is 24.7 Å². The van der Waals surface area contributed by atoms with Crippen LogP contribution in [0.4, 0.5) is 14.6 Å². The summed E-state index contributed by atoms with van der Waals surface area (Å²) in [7, 11) is 0. The second kappa shape index (κ2) is 5.53. The number of ether oxygens (including phenoxy) is 1. The van der Waals surface area contributed by atoms with Crippen LogP contribution in [0, 0.1) is 0 Å². The molecule has 92 valence electrons. The number of hydrogen-bond acceptors (Lipinski definition) is 4. The van der Waals surface area contributed by atoms with Gasteiger partial charge in [0.2, 0.25) is 0 Å². The van der Waals surface area contributed by atoms with Gasteiger partial charge in [0.1, 0.15) is 12.1 Å². The number of aromatic nitrogens is 3. The Labute approximate surface area is 96.4 Å². The molecule has 0 radical (unpaired) electrons. The molecule has 0 aliphatic carbocycles. The Kier molecular flexibility index (Phi) is 3.81. The van der Waals surface area contributed by atoms with E-state index >= 15 is 0 Å².